The number of nitrogens with two attached hydrogens (primary N) is 1. The van der Waals surface area contributed by atoms with Gasteiger partial charge in [0, 0.05) is 24.3 Å². The highest BCUT2D eigenvalue weighted by atomic mass is 16.5. The van der Waals surface area contributed by atoms with Gasteiger partial charge in [-0.05, 0) is 37.1 Å². The summed E-state index contributed by atoms with van der Waals surface area (Å²) in [4.78, 5) is 0. The van der Waals surface area contributed by atoms with E-state index >= 15 is 0 Å². The molecule has 0 radical (unpaired) electrons. The van der Waals surface area contributed by atoms with E-state index in [-0.39, 0.29) is 12.4 Å². The second-order valence-electron chi connectivity index (χ2n) is 4.76. The summed E-state index contributed by atoms with van der Waals surface area (Å²) >= 11 is 0. The van der Waals surface area contributed by atoms with Crippen LogP contribution in [0, 0.1) is 5.92 Å². The maximum absolute atomic E-state index is 8.86. The minimum Gasteiger partial charge on any atom is -0.496 e. The van der Waals surface area contributed by atoms with Crippen molar-refractivity contribution in [3.8, 4) is 5.75 Å². The third-order valence-electron chi connectivity index (χ3n) is 3.11. The Morgan fingerprint density at radius 1 is 1.50 bits per heavy atom. The maximum atomic E-state index is 8.86. The van der Waals surface area contributed by atoms with Gasteiger partial charge >= 0.3 is 0 Å². The molecule has 0 spiro atoms. The normalized spacial score (nSPS) is 13.2. The Hall–Kier alpha value is -1.79. The molecular weight excluding hydrogens is 258 g/mol. The summed E-state index contributed by atoms with van der Waals surface area (Å²) in [5, 5.41) is 23.9. The average Bonchev–Trinajstić information content (AvgIpc) is 2.46. The van der Waals surface area contributed by atoms with Crippen molar-refractivity contribution in [1.82, 2.24) is 5.32 Å². The number of hydrogen-bond acceptors (Lipinski definition) is 5. The lowest BCUT2D eigenvalue weighted by Crippen LogP contribution is -2.22. The smallest absolute Gasteiger partial charge is 0.170 e. The van der Waals surface area contributed by atoms with Gasteiger partial charge in [0.1, 0.15) is 5.75 Å². The lowest BCUT2D eigenvalue weighted by atomic mass is 10.1. The number of methoxy groups -OCH3 is 1. The zero-order valence-corrected chi connectivity index (χ0v) is 12.0. The summed E-state index contributed by atoms with van der Waals surface area (Å²) in [6.07, 6.45) is 0.772. The Morgan fingerprint density at radius 2 is 2.25 bits per heavy atom. The third kappa shape index (κ3) is 4.71. The topological polar surface area (TPSA) is 100 Å². The van der Waals surface area contributed by atoms with Crippen LogP contribution < -0.4 is 15.8 Å². The summed E-state index contributed by atoms with van der Waals surface area (Å²) in [5.74, 6) is 1.22. The van der Waals surface area contributed by atoms with E-state index in [0.29, 0.717) is 18.0 Å². The van der Waals surface area contributed by atoms with E-state index in [4.69, 9.17) is 20.8 Å². The van der Waals surface area contributed by atoms with Gasteiger partial charge in [0.05, 0.1) is 7.11 Å². The standard InChI is InChI=1S/C14H23N3O3/c1-10(5-6-18)8-16-9-12-7-11(14(15)17-19)3-4-13(12)20-2/h3-4,7,10,16,18-19H,5-6,8-9H2,1-2H3,(H2,15,17). The van der Waals surface area contributed by atoms with Crippen LogP contribution in [0.2, 0.25) is 0 Å². The summed E-state index contributed by atoms with van der Waals surface area (Å²) < 4.78 is 5.30. The van der Waals surface area contributed by atoms with Gasteiger partial charge in [-0.15, -0.1) is 0 Å². The molecule has 1 atom stereocenters. The van der Waals surface area contributed by atoms with Gasteiger partial charge in [-0.1, -0.05) is 12.1 Å². The Kier molecular flexibility index (Phi) is 6.83. The van der Waals surface area contributed by atoms with Crippen LogP contribution in [0.25, 0.3) is 0 Å². The van der Waals surface area contributed by atoms with Crippen LogP contribution in [0.1, 0.15) is 24.5 Å². The van der Waals surface area contributed by atoms with Gasteiger partial charge in [0.2, 0.25) is 0 Å². The SMILES string of the molecule is COc1ccc(/C(N)=N/O)cc1CNCC(C)CCO. The van der Waals surface area contributed by atoms with Crippen molar-refractivity contribution in [2.75, 3.05) is 20.3 Å². The minimum absolute atomic E-state index is 0.0718. The number of oxime groups is 1. The molecule has 1 aromatic carbocycles. The predicted octanol–water partition coefficient (Wildman–Crippen LogP) is 0.898. The fourth-order valence-corrected chi connectivity index (χ4v) is 1.91. The Labute approximate surface area is 119 Å². The number of aliphatic hydroxyl groups is 1. The molecule has 0 aliphatic carbocycles. The molecule has 0 saturated carbocycles. The first-order valence-corrected chi connectivity index (χ1v) is 6.58. The molecule has 6 nitrogen and oxygen atoms in total. The van der Waals surface area contributed by atoms with Crippen molar-refractivity contribution in [2.24, 2.45) is 16.8 Å². The molecule has 0 amide bonds. The molecule has 20 heavy (non-hydrogen) atoms. The van der Waals surface area contributed by atoms with Gasteiger partial charge in [0.25, 0.3) is 0 Å². The fourth-order valence-electron chi connectivity index (χ4n) is 1.91. The summed E-state index contributed by atoms with van der Waals surface area (Å²) in [6, 6.07) is 5.37. The Morgan fingerprint density at radius 3 is 2.85 bits per heavy atom. The fraction of sp³-hybridized carbons (Fsp3) is 0.500. The van der Waals surface area contributed by atoms with Crippen molar-refractivity contribution in [3.63, 3.8) is 0 Å². The summed E-state index contributed by atoms with van der Waals surface area (Å²) in [5.41, 5.74) is 7.17. The van der Waals surface area contributed by atoms with E-state index < -0.39 is 0 Å². The second-order valence-corrected chi connectivity index (χ2v) is 4.76. The molecule has 5 N–H and O–H groups in total. The van der Waals surface area contributed by atoms with Crippen LogP contribution in [0.3, 0.4) is 0 Å². The lowest BCUT2D eigenvalue weighted by molar-refractivity contribution is 0.260. The number of hydrogen-bond donors (Lipinski definition) is 4. The first-order chi connectivity index (χ1) is 9.62. The molecule has 1 unspecified atom stereocenters. The molecule has 0 heterocycles. The highest BCUT2D eigenvalue weighted by molar-refractivity contribution is 5.97. The van der Waals surface area contributed by atoms with Gasteiger partial charge in [0.15, 0.2) is 5.84 Å². The number of ether oxygens (including phenoxy) is 1. The number of amidine groups is 1. The van der Waals surface area contributed by atoms with E-state index in [0.717, 1.165) is 24.3 Å². The molecule has 1 aromatic rings. The van der Waals surface area contributed by atoms with E-state index in [1.165, 1.54) is 0 Å². The molecule has 6 heteroatoms. The van der Waals surface area contributed by atoms with Crippen LogP contribution >= 0.6 is 0 Å². The minimum atomic E-state index is 0.0718. The number of nitrogens with zero attached hydrogens (tertiary/aromatic N) is 1. The van der Waals surface area contributed by atoms with Crippen LogP contribution in [-0.4, -0.2) is 36.4 Å². The Balaban J connectivity index is 2.71. The molecular formula is C14H23N3O3. The molecule has 0 bridgehead atoms. The van der Waals surface area contributed by atoms with Gasteiger partial charge in [-0.25, -0.2) is 0 Å². The van der Waals surface area contributed by atoms with Crippen LogP contribution in [0.5, 0.6) is 5.75 Å². The van der Waals surface area contributed by atoms with Gasteiger partial charge < -0.3 is 26.1 Å². The molecule has 112 valence electrons. The first-order valence-electron chi connectivity index (χ1n) is 6.58. The monoisotopic (exact) mass is 281 g/mol. The molecule has 1 rings (SSSR count). The van der Waals surface area contributed by atoms with Crippen LogP contribution in [0.15, 0.2) is 23.4 Å². The molecule has 0 aromatic heterocycles. The third-order valence-corrected chi connectivity index (χ3v) is 3.11. The van der Waals surface area contributed by atoms with Crippen molar-refractivity contribution in [1.29, 1.82) is 0 Å². The maximum Gasteiger partial charge on any atom is 0.170 e. The predicted molar refractivity (Wildman–Crippen MR) is 78.1 cm³/mol. The second kappa shape index (κ2) is 8.39. The van der Waals surface area contributed by atoms with Crippen molar-refractivity contribution in [2.45, 2.75) is 19.9 Å². The average molecular weight is 281 g/mol. The number of benzene rings is 1. The van der Waals surface area contributed by atoms with Crippen molar-refractivity contribution < 1.29 is 15.1 Å². The largest absolute Gasteiger partial charge is 0.496 e. The first kappa shape index (κ1) is 16.3. The quantitative estimate of drug-likeness (QED) is 0.245. The van der Waals surface area contributed by atoms with Gasteiger partial charge in [-0.3, -0.25) is 0 Å². The molecule has 0 aliphatic heterocycles. The zero-order valence-electron chi connectivity index (χ0n) is 12.0. The number of aliphatic hydroxyl groups excluding tert-OH is 1. The highest BCUT2D eigenvalue weighted by Gasteiger charge is 2.08. The molecule has 0 fully saturated rings. The van der Waals surface area contributed by atoms with Gasteiger partial charge in [-0.2, -0.15) is 0 Å². The number of rotatable bonds is 8. The summed E-state index contributed by atoms with van der Waals surface area (Å²) in [7, 11) is 1.61. The van der Waals surface area contributed by atoms with Crippen LogP contribution in [0.4, 0.5) is 0 Å². The summed E-state index contributed by atoms with van der Waals surface area (Å²) in [6.45, 7) is 3.70. The molecule has 0 aliphatic rings. The van der Waals surface area contributed by atoms with E-state index in [9.17, 15) is 0 Å². The van der Waals surface area contributed by atoms with Crippen LogP contribution in [-0.2, 0) is 6.54 Å². The Bertz CT molecular complexity index is 449. The van der Waals surface area contributed by atoms with Crippen molar-refractivity contribution in [3.05, 3.63) is 29.3 Å². The van der Waals surface area contributed by atoms with E-state index in [1.807, 2.05) is 6.07 Å². The van der Waals surface area contributed by atoms with Crippen molar-refractivity contribution >= 4 is 5.84 Å². The highest BCUT2D eigenvalue weighted by Crippen LogP contribution is 2.19. The number of nitrogens with one attached hydrogen (secondary N) is 1. The lowest BCUT2D eigenvalue weighted by Gasteiger charge is -2.14. The molecule has 0 saturated heterocycles. The van der Waals surface area contributed by atoms with E-state index in [1.54, 1.807) is 19.2 Å². The van der Waals surface area contributed by atoms with E-state index in [2.05, 4.69) is 17.4 Å². The zero-order chi connectivity index (χ0) is 15.0.